The number of carboxylic acid groups (broad SMARTS) is 1. The van der Waals surface area contributed by atoms with Gasteiger partial charge in [-0.15, -0.1) is 0 Å². The molecule has 1 saturated carbocycles. The first kappa shape index (κ1) is 11.9. The highest BCUT2D eigenvalue weighted by Crippen LogP contribution is 2.35. The maximum Gasteiger partial charge on any atom is 0.340 e. The summed E-state index contributed by atoms with van der Waals surface area (Å²) in [5.41, 5.74) is 0.311. The van der Waals surface area contributed by atoms with Crippen molar-refractivity contribution in [1.82, 2.24) is 0 Å². The quantitative estimate of drug-likeness (QED) is 0.771. The molecule has 0 spiro atoms. The molecule has 2 rings (SSSR count). The van der Waals surface area contributed by atoms with Gasteiger partial charge in [-0.2, -0.15) is 0 Å². The summed E-state index contributed by atoms with van der Waals surface area (Å²) in [5, 5.41) is 9.17. The standard InChI is InChI=1S/C13H16O4/c1-2-3-10-9(7-14)12(13(15)16)11(17-10)6-8-4-5-8/h7-8H,2-6H2,1H3,(H,15,16). The predicted octanol–water partition coefficient (Wildman–Crippen LogP) is 2.70. The summed E-state index contributed by atoms with van der Waals surface area (Å²) in [6, 6.07) is 0. The first-order valence-corrected chi connectivity index (χ1v) is 6.00. The molecule has 0 aliphatic heterocycles. The van der Waals surface area contributed by atoms with Gasteiger partial charge in [-0.3, -0.25) is 4.79 Å². The summed E-state index contributed by atoms with van der Waals surface area (Å²) < 4.78 is 5.58. The van der Waals surface area contributed by atoms with E-state index in [1.165, 1.54) is 0 Å². The minimum absolute atomic E-state index is 0.0790. The topological polar surface area (TPSA) is 67.5 Å². The summed E-state index contributed by atoms with van der Waals surface area (Å²) in [6.07, 6.45) is 4.94. The van der Waals surface area contributed by atoms with Crippen LogP contribution in [-0.4, -0.2) is 17.4 Å². The van der Waals surface area contributed by atoms with Crippen LogP contribution in [-0.2, 0) is 12.8 Å². The Balaban J connectivity index is 2.40. The first-order valence-electron chi connectivity index (χ1n) is 6.00. The Labute approximate surface area is 99.6 Å². The summed E-state index contributed by atoms with van der Waals surface area (Å²) in [5.74, 6) is 0.475. The van der Waals surface area contributed by atoms with E-state index in [-0.39, 0.29) is 11.1 Å². The number of carbonyl (C=O) groups is 2. The van der Waals surface area contributed by atoms with Crippen molar-refractivity contribution in [3.05, 3.63) is 22.6 Å². The van der Waals surface area contributed by atoms with Crippen LogP contribution < -0.4 is 0 Å². The second kappa shape index (κ2) is 4.73. The third-order valence-corrected chi connectivity index (χ3v) is 3.07. The highest BCUT2D eigenvalue weighted by atomic mass is 16.4. The predicted molar refractivity (Wildman–Crippen MR) is 61.5 cm³/mol. The van der Waals surface area contributed by atoms with Crippen molar-refractivity contribution in [2.45, 2.75) is 39.0 Å². The van der Waals surface area contributed by atoms with Gasteiger partial charge in [0.2, 0.25) is 0 Å². The Morgan fingerprint density at radius 3 is 2.65 bits per heavy atom. The van der Waals surface area contributed by atoms with Crippen LogP contribution in [0.2, 0.25) is 0 Å². The monoisotopic (exact) mass is 236 g/mol. The lowest BCUT2D eigenvalue weighted by molar-refractivity contribution is 0.0691. The zero-order valence-corrected chi connectivity index (χ0v) is 9.86. The number of furan rings is 1. The van der Waals surface area contributed by atoms with E-state index in [0.717, 1.165) is 19.3 Å². The molecule has 1 aromatic rings. The molecular weight excluding hydrogens is 220 g/mol. The summed E-state index contributed by atoms with van der Waals surface area (Å²) >= 11 is 0. The van der Waals surface area contributed by atoms with Crippen LogP contribution in [0.5, 0.6) is 0 Å². The molecule has 1 aliphatic rings. The Bertz CT molecular complexity index is 441. The lowest BCUT2D eigenvalue weighted by atomic mass is 10.1. The molecule has 4 nitrogen and oxygen atoms in total. The van der Waals surface area contributed by atoms with Crippen molar-refractivity contribution in [1.29, 1.82) is 0 Å². The first-order chi connectivity index (χ1) is 8.17. The van der Waals surface area contributed by atoms with Gasteiger partial charge >= 0.3 is 5.97 Å². The Hall–Kier alpha value is -1.58. The number of aryl methyl sites for hydroxylation is 1. The molecular formula is C13H16O4. The van der Waals surface area contributed by atoms with Crippen LogP contribution >= 0.6 is 0 Å². The number of hydrogen-bond donors (Lipinski definition) is 1. The van der Waals surface area contributed by atoms with Crippen LogP contribution in [0.25, 0.3) is 0 Å². The number of aldehydes is 1. The zero-order valence-electron chi connectivity index (χ0n) is 9.86. The number of carbonyl (C=O) groups excluding carboxylic acids is 1. The minimum Gasteiger partial charge on any atom is -0.478 e. The van der Waals surface area contributed by atoms with Crippen molar-refractivity contribution in [2.24, 2.45) is 5.92 Å². The molecule has 0 radical (unpaired) electrons. The molecule has 0 atom stereocenters. The molecule has 0 aromatic carbocycles. The number of carboxylic acids is 1. The van der Waals surface area contributed by atoms with Gasteiger partial charge in [0.05, 0.1) is 5.56 Å². The molecule has 0 saturated heterocycles. The fourth-order valence-electron chi connectivity index (χ4n) is 2.04. The molecule has 1 heterocycles. The van der Waals surface area contributed by atoms with E-state index in [1.54, 1.807) is 0 Å². The Morgan fingerprint density at radius 2 is 2.18 bits per heavy atom. The van der Waals surface area contributed by atoms with E-state index in [0.29, 0.717) is 36.6 Å². The lowest BCUT2D eigenvalue weighted by Gasteiger charge is -1.96. The smallest absolute Gasteiger partial charge is 0.340 e. The second-order valence-corrected chi connectivity index (χ2v) is 4.56. The van der Waals surface area contributed by atoms with E-state index in [2.05, 4.69) is 0 Å². The van der Waals surface area contributed by atoms with E-state index in [4.69, 9.17) is 4.42 Å². The van der Waals surface area contributed by atoms with Crippen LogP contribution in [0, 0.1) is 5.92 Å². The normalized spacial score (nSPS) is 14.9. The minimum atomic E-state index is -1.06. The zero-order chi connectivity index (χ0) is 12.4. The van der Waals surface area contributed by atoms with Crippen LogP contribution in [0.3, 0.4) is 0 Å². The highest BCUT2D eigenvalue weighted by molar-refractivity contribution is 5.98. The summed E-state index contributed by atoms with van der Waals surface area (Å²) in [7, 11) is 0. The van der Waals surface area contributed by atoms with Crippen LogP contribution in [0.15, 0.2) is 4.42 Å². The van der Waals surface area contributed by atoms with Crippen molar-refractivity contribution in [3.8, 4) is 0 Å². The summed E-state index contributed by atoms with van der Waals surface area (Å²) in [4.78, 5) is 22.2. The van der Waals surface area contributed by atoms with Crippen LogP contribution in [0.4, 0.5) is 0 Å². The van der Waals surface area contributed by atoms with Crippen LogP contribution in [0.1, 0.15) is 58.4 Å². The van der Waals surface area contributed by atoms with Crippen molar-refractivity contribution in [3.63, 3.8) is 0 Å². The Morgan fingerprint density at radius 1 is 1.47 bits per heavy atom. The van der Waals surface area contributed by atoms with E-state index < -0.39 is 5.97 Å². The molecule has 4 heteroatoms. The maximum absolute atomic E-state index is 11.2. The molecule has 1 fully saturated rings. The largest absolute Gasteiger partial charge is 0.478 e. The molecule has 0 bridgehead atoms. The third kappa shape index (κ3) is 2.40. The number of rotatable bonds is 6. The molecule has 1 N–H and O–H groups in total. The summed E-state index contributed by atoms with van der Waals surface area (Å²) in [6.45, 7) is 1.97. The molecule has 0 unspecified atom stereocenters. The van der Waals surface area contributed by atoms with Crippen molar-refractivity contribution < 1.29 is 19.1 Å². The number of aromatic carboxylic acids is 1. The fraction of sp³-hybridized carbons (Fsp3) is 0.538. The SMILES string of the molecule is CCCc1oc(CC2CC2)c(C(=O)O)c1C=O. The van der Waals surface area contributed by atoms with Crippen molar-refractivity contribution >= 4 is 12.3 Å². The molecule has 1 aliphatic carbocycles. The van der Waals surface area contributed by atoms with Gasteiger partial charge in [0.1, 0.15) is 17.1 Å². The average molecular weight is 236 g/mol. The van der Waals surface area contributed by atoms with Gasteiger partial charge in [0.15, 0.2) is 6.29 Å². The van der Waals surface area contributed by atoms with E-state index in [1.807, 2.05) is 6.92 Å². The van der Waals surface area contributed by atoms with E-state index in [9.17, 15) is 14.7 Å². The molecule has 92 valence electrons. The maximum atomic E-state index is 11.2. The lowest BCUT2D eigenvalue weighted by Crippen LogP contribution is -2.04. The molecule has 0 amide bonds. The van der Waals surface area contributed by atoms with Gasteiger partial charge in [0.25, 0.3) is 0 Å². The second-order valence-electron chi connectivity index (χ2n) is 4.56. The van der Waals surface area contributed by atoms with Crippen molar-refractivity contribution in [2.75, 3.05) is 0 Å². The molecule has 1 aromatic heterocycles. The highest BCUT2D eigenvalue weighted by Gasteiger charge is 2.30. The Kier molecular flexibility index (Phi) is 3.31. The van der Waals surface area contributed by atoms with E-state index >= 15 is 0 Å². The molecule has 17 heavy (non-hydrogen) atoms. The van der Waals surface area contributed by atoms with Gasteiger partial charge in [-0.1, -0.05) is 6.92 Å². The third-order valence-electron chi connectivity index (χ3n) is 3.07. The number of hydrogen-bond acceptors (Lipinski definition) is 3. The fourth-order valence-corrected chi connectivity index (χ4v) is 2.04. The van der Waals surface area contributed by atoms with Gasteiger partial charge in [0, 0.05) is 12.8 Å². The van der Waals surface area contributed by atoms with Gasteiger partial charge in [-0.25, -0.2) is 4.79 Å². The van der Waals surface area contributed by atoms with Gasteiger partial charge in [-0.05, 0) is 25.2 Å². The van der Waals surface area contributed by atoms with Gasteiger partial charge < -0.3 is 9.52 Å². The average Bonchev–Trinajstić information content (AvgIpc) is 3.00.